The molecule has 3 aromatic rings. The van der Waals surface area contributed by atoms with Crippen molar-refractivity contribution in [3.05, 3.63) is 23.8 Å². The van der Waals surface area contributed by atoms with Crippen LogP contribution in [-0.4, -0.2) is 15.3 Å². The zero-order chi connectivity index (χ0) is 11.1. The lowest BCUT2D eigenvalue weighted by Gasteiger charge is -1.88. The van der Waals surface area contributed by atoms with Crippen LogP contribution in [0, 0.1) is 6.92 Å². The summed E-state index contributed by atoms with van der Waals surface area (Å²) in [7, 11) is 0. The summed E-state index contributed by atoms with van der Waals surface area (Å²) < 4.78 is 5.67. The third kappa shape index (κ3) is 1.35. The number of fused-ring (bicyclic) bond motifs is 1. The molecule has 6 heteroatoms. The Labute approximate surface area is 94.9 Å². The standard InChI is InChI=1S/C10H8N4OS/c1-5-2-3-6-7(4-5)16-10(12-6)8-9(11)14-15-13-8/h2-4H,1H3,(H2,11,14). The molecule has 0 bridgehead atoms. The van der Waals surface area contributed by atoms with Crippen molar-refractivity contribution in [3.8, 4) is 10.7 Å². The summed E-state index contributed by atoms with van der Waals surface area (Å²) in [5.74, 6) is 0.274. The second-order valence-electron chi connectivity index (χ2n) is 3.49. The SMILES string of the molecule is Cc1ccc2nc(-c3nonc3N)sc2c1. The highest BCUT2D eigenvalue weighted by Crippen LogP contribution is 2.31. The highest BCUT2D eigenvalue weighted by atomic mass is 32.1. The van der Waals surface area contributed by atoms with Crippen molar-refractivity contribution >= 4 is 27.4 Å². The Bertz CT molecular complexity index is 658. The van der Waals surface area contributed by atoms with Gasteiger partial charge in [-0.15, -0.1) is 11.3 Å². The van der Waals surface area contributed by atoms with Crippen molar-refractivity contribution in [3.63, 3.8) is 0 Å². The Morgan fingerprint density at radius 3 is 2.94 bits per heavy atom. The average Bonchev–Trinajstić information content (AvgIpc) is 2.82. The maximum atomic E-state index is 5.62. The lowest BCUT2D eigenvalue weighted by Crippen LogP contribution is -1.87. The van der Waals surface area contributed by atoms with Crippen LogP contribution in [0.25, 0.3) is 20.9 Å². The molecular weight excluding hydrogens is 224 g/mol. The molecule has 16 heavy (non-hydrogen) atoms. The summed E-state index contributed by atoms with van der Waals surface area (Å²) >= 11 is 1.53. The van der Waals surface area contributed by atoms with Gasteiger partial charge >= 0.3 is 0 Å². The largest absolute Gasteiger partial charge is 0.379 e. The van der Waals surface area contributed by atoms with Crippen molar-refractivity contribution in [1.82, 2.24) is 15.3 Å². The number of nitrogens with zero attached hydrogens (tertiary/aromatic N) is 3. The van der Waals surface area contributed by atoms with Gasteiger partial charge in [0.15, 0.2) is 16.5 Å². The van der Waals surface area contributed by atoms with Crippen LogP contribution >= 0.6 is 11.3 Å². The number of benzene rings is 1. The van der Waals surface area contributed by atoms with Crippen LogP contribution in [0.2, 0.25) is 0 Å². The predicted molar refractivity (Wildman–Crippen MR) is 62.1 cm³/mol. The van der Waals surface area contributed by atoms with Crippen molar-refractivity contribution in [1.29, 1.82) is 0 Å². The fourth-order valence-electron chi connectivity index (χ4n) is 1.48. The lowest BCUT2D eigenvalue weighted by atomic mass is 10.2. The van der Waals surface area contributed by atoms with Crippen LogP contribution in [-0.2, 0) is 0 Å². The fourth-order valence-corrected chi connectivity index (χ4v) is 2.53. The molecule has 0 aliphatic heterocycles. The highest BCUT2D eigenvalue weighted by molar-refractivity contribution is 7.21. The quantitative estimate of drug-likeness (QED) is 0.696. The third-order valence-corrected chi connectivity index (χ3v) is 3.29. The monoisotopic (exact) mass is 232 g/mol. The van der Waals surface area contributed by atoms with E-state index in [-0.39, 0.29) is 5.82 Å². The maximum Gasteiger partial charge on any atom is 0.198 e. The Balaban J connectivity index is 2.23. The van der Waals surface area contributed by atoms with Gasteiger partial charge in [-0.2, -0.15) is 0 Å². The summed E-state index contributed by atoms with van der Waals surface area (Å²) in [6, 6.07) is 6.09. The Morgan fingerprint density at radius 2 is 2.19 bits per heavy atom. The van der Waals surface area contributed by atoms with E-state index in [4.69, 9.17) is 5.73 Å². The number of hydrogen-bond acceptors (Lipinski definition) is 6. The van der Waals surface area contributed by atoms with Crippen molar-refractivity contribution in [2.45, 2.75) is 6.92 Å². The number of anilines is 1. The van der Waals surface area contributed by atoms with Crippen LogP contribution in [0.15, 0.2) is 22.8 Å². The third-order valence-electron chi connectivity index (χ3n) is 2.26. The highest BCUT2D eigenvalue weighted by Gasteiger charge is 2.14. The first kappa shape index (κ1) is 9.29. The molecule has 0 aliphatic rings. The summed E-state index contributed by atoms with van der Waals surface area (Å²) in [5, 5.41) is 8.02. The molecule has 0 amide bonds. The first-order valence-electron chi connectivity index (χ1n) is 4.69. The summed E-state index contributed by atoms with van der Waals surface area (Å²) in [4.78, 5) is 4.43. The molecule has 2 N–H and O–H groups in total. The molecule has 0 fully saturated rings. The zero-order valence-corrected chi connectivity index (χ0v) is 9.28. The molecule has 0 radical (unpaired) electrons. The average molecular weight is 232 g/mol. The molecule has 3 rings (SSSR count). The van der Waals surface area contributed by atoms with Gasteiger partial charge < -0.3 is 5.73 Å². The summed E-state index contributed by atoms with van der Waals surface area (Å²) in [6.07, 6.45) is 0. The molecule has 0 unspecified atom stereocenters. The molecule has 0 spiro atoms. The van der Waals surface area contributed by atoms with E-state index in [1.165, 1.54) is 16.9 Å². The molecule has 0 aliphatic carbocycles. The van der Waals surface area contributed by atoms with E-state index in [1.54, 1.807) is 0 Å². The van der Waals surface area contributed by atoms with E-state index >= 15 is 0 Å². The minimum Gasteiger partial charge on any atom is -0.379 e. The Hall–Kier alpha value is -1.95. The molecule has 0 saturated heterocycles. The van der Waals surface area contributed by atoms with Gasteiger partial charge in [0.1, 0.15) is 0 Å². The first-order valence-corrected chi connectivity index (χ1v) is 5.51. The van der Waals surface area contributed by atoms with Gasteiger partial charge in [-0.3, -0.25) is 0 Å². The van der Waals surface area contributed by atoms with Gasteiger partial charge in [0, 0.05) is 0 Å². The minimum absolute atomic E-state index is 0.274. The van der Waals surface area contributed by atoms with Gasteiger partial charge in [-0.1, -0.05) is 6.07 Å². The normalized spacial score (nSPS) is 11.1. The summed E-state index contributed by atoms with van der Waals surface area (Å²) in [6.45, 7) is 2.05. The van der Waals surface area contributed by atoms with E-state index in [2.05, 4.69) is 26.0 Å². The number of aryl methyl sites for hydroxylation is 1. The molecule has 2 aromatic heterocycles. The molecule has 0 saturated carbocycles. The number of hydrogen-bond donors (Lipinski definition) is 1. The molecule has 5 nitrogen and oxygen atoms in total. The van der Waals surface area contributed by atoms with Crippen LogP contribution in [0.5, 0.6) is 0 Å². The number of rotatable bonds is 1. The second kappa shape index (κ2) is 3.28. The Kier molecular flexibility index (Phi) is 1.90. The van der Waals surface area contributed by atoms with Gasteiger partial charge in [0.05, 0.1) is 10.2 Å². The second-order valence-corrected chi connectivity index (χ2v) is 4.52. The van der Waals surface area contributed by atoms with Gasteiger partial charge in [0.2, 0.25) is 0 Å². The van der Waals surface area contributed by atoms with Crippen molar-refractivity contribution in [2.24, 2.45) is 0 Å². The number of nitrogen functional groups attached to an aromatic ring is 1. The number of nitrogens with two attached hydrogens (primary N) is 1. The molecular formula is C10H8N4OS. The van der Waals surface area contributed by atoms with E-state index in [1.807, 2.05) is 19.1 Å². The minimum atomic E-state index is 0.274. The van der Waals surface area contributed by atoms with Gasteiger partial charge in [-0.05, 0) is 34.9 Å². The molecule has 1 aromatic carbocycles. The van der Waals surface area contributed by atoms with Gasteiger partial charge in [-0.25, -0.2) is 9.61 Å². The van der Waals surface area contributed by atoms with Crippen molar-refractivity contribution < 1.29 is 4.63 Å². The van der Waals surface area contributed by atoms with Gasteiger partial charge in [0.25, 0.3) is 0 Å². The smallest absolute Gasteiger partial charge is 0.198 e. The van der Waals surface area contributed by atoms with E-state index in [9.17, 15) is 0 Å². The topological polar surface area (TPSA) is 77.8 Å². The predicted octanol–water partition coefficient (Wildman–Crippen LogP) is 2.24. The molecule has 0 atom stereocenters. The van der Waals surface area contributed by atoms with E-state index in [0.717, 1.165) is 15.2 Å². The lowest BCUT2D eigenvalue weighted by molar-refractivity contribution is 0.310. The van der Waals surface area contributed by atoms with Crippen LogP contribution in [0.4, 0.5) is 5.82 Å². The number of aromatic nitrogens is 3. The number of thiazole rings is 1. The zero-order valence-electron chi connectivity index (χ0n) is 8.47. The van der Waals surface area contributed by atoms with E-state index < -0.39 is 0 Å². The molecule has 2 heterocycles. The Morgan fingerprint density at radius 1 is 1.31 bits per heavy atom. The fraction of sp³-hybridized carbons (Fsp3) is 0.100. The van der Waals surface area contributed by atoms with E-state index in [0.29, 0.717) is 5.69 Å². The van der Waals surface area contributed by atoms with Crippen LogP contribution in [0.1, 0.15) is 5.56 Å². The maximum absolute atomic E-state index is 5.62. The first-order chi connectivity index (χ1) is 7.74. The van der Waals surface area contributed by atoms with Crippen LogP contribution in [0.3, 0.4) is 0 Å². The van der Waals surface area contributed by atoms with Crippen LogP contribution < -0.4 is 5.73 Å². The molecule has 80 valence electrons. The van der Waals surface area contributed by atoms with Crippen molar-refractivity contribution in [2.75, 3.05) is 5.73 Å². The summed E-state index contributed by atoms with van der Waals surface area (Å²) in [5.41, 5.74) is 8.28.